The lowest BCUT2D eigenvalue weighted by Crippen LogP contribution is -2.33. The Morgan fingerprint density at radius 3 is 2.47 bits per heavy atom. The minimum atomic E-state index is -0.892. The van der Waals surface area contributed by atoms with Crippen LogP contribution in [0.4, 0.5) is 4.39 Å². The maximum atomic E-state index is 14.2. The topological polar surface area (TPSA) is 78.7 Å². The zero-order valence-electron chi connectivity index (χ0n) is 20.8. The largest absolute Gasteiger partial charge is 0.507 e. The number of aliphatic hydroxyl groups is 1. The number of halogens is 1. The standard InChI is InChI=1S/C28H31FN4O3/c1-4-31(5-2)15-10-16-32-25(20-11-9-12-21(29)17-20)24(27(35)28(32)36)26(34)23-18-30-33(19(23)3)22-13-7-6-8-14-22/h6-9,11-14,17-18,25,34H,4-5,10,15-16H2,1-3H3. The highest BCUT2D eigenvalue weighted by Crippen LogP contribution is 2.40. The van der Waals surface area contributed by atoms with Gasteiger partial charge in [0.15, 0.2) is 0 Å². The van der Waals surface area contributed by atoms with E-state index in [1.165, 1.54) is 23.2 Å². The van der Waals surface area contributed by atoms with Crippen LogP contribution < -0.4 is 0 Å². The summed E-state index contributed by atoms with van der Waals surface area (Å²) in [6, 6.07) is 14.3. The Morgan fingerprint density at radius 2 is 1.81 bits per heavy atom. The molecule has 0 aliphatic carbocycles. The number of hydrogen-bond donors (Lipinski definition) is 1. The third kappa shape index (κ3) is 4.81. The van der Waals surface area contributed by atoms with Crippen LogP contribution >= 0.6 is 0 Å². The van der Waals surface area contributed by atoms with Crippen molar-refractivity contribution < 1.29 is 19.1 Å². The Balaban J connectivity index is 1.77. The molecule has 0 radical (unpaired) electrons. The molecule has 1 unspecified atom stereocenters. The number of aromatic nitrogens is 2. The molecule has 1 atom stereocenters. The summed E-state index contributed by atoms with van der Waals surface area (Å²) in [6.07, 6.45) is 2.12. The summed E-state index contributed by atoms with van der Waals surface area (Å²) >= 11 is 0. The smallest absolute Gasteiger partial charge is 0.295 e. The molecule has 2 heterocycles. The molecule has 1 aliphatic rings. The van der Waals surface area contributed by atoms with Gasteiger partial charge in [0.2, 0.25) is 0 Å². The Kier molecular flexibility index (Phi) is 7.64. The second-order valence-electron chi connectivity index (χ2n) is 8.82. The molecule has 1 aromatic heterocycles. The van der Waals surface area contributed by atoms with Gasteiger partial charge in [0.05, 0.1) is 34.8 Å². The quantitative estimate of drug-likeness (QED) is 0.272. The molecular formula is C28H31FN4O3. The average molecular weight is 491 g/mol. The van der Waals surface area contributed by atoms with Gasteiger partial charge in [0.1, 0.15) is 11.6 Å². The Morgan fingerprint density at radius 1 is 1.08 bits per heavy atom. The summed E-state index contributed by atoms with van der Waals surface area (Å²) in [5.74, 6) is -2.27. The number of Topliss-reactive ketones (excluding diaryl/α,β-unsaturated/α-hetero) is 1. The first-order chi connectivity index (χ1) is 17.4. The van der Waals surface area contributed by atoms with Gasteiger partial charge >= 0.3 is 0 Å². The van der Waals surface area contributed by atoms with Crippen LogP contribution in [0.3, 0.4) is 0 Å². The lowest BCUT2D eigenvalue weighted by molar-refractivity contribution is -0.140. The van der Waals surface area contributed by atoms with Gasteiger partial charge in [-0.25, -0.2) is 9.07 Å². The van der Waals surface area contributed by atoms with Crippen molar-refractivity contribution in [2.24, 2.45) is 0 Å². The fraction of sp³-hybridized carbons (Fsp3) is 0.321. The van der Waals surface area contributed by atoms with Crippen molar-refractivity contribution in [3.8, 4) is 5.69 Å². The zero-order chi connectivity index (χ0) is 25.8. The monoisotopic (exact) mass is 490 g/mol. The highest BCUT2D eigenvalue weighted by atomic mass is 19.1. The number of hydrogen-bond acceptors (Lipinski definition) is 5. The minimum Gasteiger partial charge on any atom is -0.507 e. The van der Waals surface area contributed by atoms with Gasteiger partial charge in [0.25, 0.3) is 11.7 Å². The van der Waals surface area contributed by atoms with Crippen molar-refractivity contribution in [2.75, 3.05) is 26.2 Å². The van der Waals surface area contributed by atoms with Crippen LogP contribution in [0.2, 0.25) is 0 Å². The molecule has 1 N–H and O–H groups in total. The van der Waals surface area contributed by atoms with E-state index in [-0.39, 0.29) is 11.3 Å². The fourth-order valence-corrected chi connectivity index (χ4v) is 4.76. The summed E-state index contributed by atoms with van der Waals surface area (Å²) in [7, 11) is 0. The molecule has 1 saturated heterocycles. The van der Waals surface area contributed by atoms with E-state index in [9.17, 15) is 19.1 Å². The first-order valence-electron chi connectivity index (χ1n) is 12.2. The molecule has 2 aromatic carbocycles. The molecule has 0 spiro atoms. The van der Waals surface area contributed by atoms with Crippen LogP contribution in [0.15, 0.2) is 66.4 Å². The average Bonchev–Trinajstić information content (AvgIpc) is 3.39. The zero-order valence-corrected chi connectivity index (χ0v) is 20.8. The van der Waals surface area contributed by atoms with Crippen molar-refractivity contribution in [1.29, 1.82) is 0 Å². The number of ketones is 1. The number of benzene rings is 2. The third-order valence-electron chi connectivity index (χ3n) is 6.74. The van der Waals surface area contributed by atoms with E-state index in [0.29, 0.717) is 29.8 Å². The van der Waals surface area contributed by atoms with Gasteiger partial charge < -0.3 is 14.9 Å². The van der Waals surface area contributed by atoms with Gasteiger partial charge in [0, 0.05) is 6.54 Å². The summed E-state index contributed by atoms with van der Waals surface area (Å²) in [5, 5.41) is 15.8. The van der Waals surface area contributed by atoms with Gasteiger partial charge in [-0.05, 0) is 62.8 Å². The molecule has 1 fully saturated rings. The van der Waals surface area contributed by atoms with E-state index in [4.69, 9.17) is 0 Å². The van der Waals surface area contributed by atoms with Gasteiger partial charge in [-0.15, -0.1) is 0 Å². The Labute approximate surface area is 210 Å². The van der Waals surface area contributed by atoms with E-state index < -0.39 is 23.5 Å². The fourth-order valence-electron chi connectivity index (χ4n) is 4.76. The number of nitrogens with zero attached hydrogens (tertiary/aromatic N) is 4. The molecule has 1 amide bonds. The number of rotatable bonds is 9. The van der Waals surface area contributed by atoms with E-state index in [1.54, 1.807) is 23.7 Å². The molecule has 188 valence electrons. The Bertz CT molecular complexity index is 1280. The van der Waals surface area contributed by atoms with E-state index >= 15 is 0 Å². The summed E-state index contributed by atoms with van der Waals surface area (Å²) in [5.41, 5.74) is 2.15. The number of aliphatic hydroxyl groups excluding tert-OH is 1. The van der Waals surface area contributed by atoms with Gasteiger partial charge in [-0.1, -0.05) is 44.2 Å². The first kappa shape index (κ1) is 25.3. The van der Waals surface area contributed by atoms with Crippen LogP contribution in [0.5, 0.6) is 0 Å². The maximum absolute atomic E-state index is 14.2. The Hall–Kier alpha value is -3.78. The maximum Gasteiger partial charge on any atom is 0.295 e. The van der Waals surface area contributed by atoms with Crippen molar-refractivity contribution in [1.82, 2.24) is 19.6 Å². The van der Waals surface area contributed by atoms with Crippen molar-refractivity contribution >= 4 is 17.4 Å². The number of carbonyl (C=O) groups is 2. The van der Waals surface area contributed by atoms with E-state index in [2.05, 4.69) is 23.8 Å². The summed E-state index contributed by atoms with van der Waals surface area (Å²) in [6.45, 7) is 8.75. The van der Waals surface area contributed by atoms with Crippen LogP contribution in [0.1, 0.15) is 43.1 Å². The number of amides is 1. The SMILES string of the molecule is CCN(CC)CCCN1C(=O)C(=O)C(=C(O)c2cnn(-c3ccccc3)c2C)C1c1cccc(F)c1. The summed E-state index contributed by atoms with van der Waals surface area (Å²) in [4.78, 5) is 30.1. The molecule has 3 aromatic rings. The first-order valence-corrected chi connectivity index (χ1v) is 12.2. The third-order valence-corrected chi connectivity index (χ3v) is 6.74. The predicted molar refractivity (Wildman–Crippen MR) is 136 cm³/mol. The molecule has 8 heteroatoms. The normalized spacial score (nSPS) is 17.4. The van der Waals surface area contributed by atoms with Crippen molar-refractivity contribution in [2.45, 2.75) is 33.2 Å². The lowest BCUT2D eigenvalue weighted by Gasteiger charge is -2.26. The minimum absolute atomic E-state index is 0.0517. The molecular weight excluding hydrogens is 459 g/mol. The molecule has 0 bridgehead atoms. The number of likely N-dealkylation sites (tertiary alicyclic amines) is 1. The van der Waals surface area contributed by atoms with E-state index in [1.807, 2.05) is 30.3 Å². The van der Waals surface area contributed by atoms with Crippen LogP contribution in [-0.2, 0) is 9.59 Å². The van der Waals surface area contributed by atoms with Gasteiger partial charge in [-0.2, -0.15) is 5.10 Å². The number of carbonyl (C=O) groups excluding carboxylic acids is 2. The van der Waals surface area contributed by atoms with Crippen LogP contribution in [0.25, 0.3) is 11.4 Å². The van der Waals surface area contributed by atoms with Crippen molar-refractivity contribution in [3.63, 3.8) is 0 Å². The molecule has 1 aliphatic heterocycles. The van der Waals surface area contributed by atoms with Crippen LogP contribution in [0, 0.1) is 12.7 Å². The second-order valence-corrected chi connectivity index (χ2v) is 8.82. The van der Waals surface area contributed by atoms with Gasteiger partial charge in [-0.3, -0.25) is 9.59 Å². The van der Waals surface area contributed by atoms with Crippen LogP contribution in [-0.4, -0.2) is 62.6 Å². The van der Waals surface area contributed by atoms with Crippen molar-refractivity contribution in [3.05, 3.63) is 89.0 Å². The molecule has 4 rings (SSSR count). The summed E-state index contributed by atoms with van der Waals surface area (Å²) < 4.78 is 15.9. The molecule has 7 nitrogen and oxygen atoms in total. The highest BCUT2D eigenvalue weighted by molar-refractivity contribution is 6.46. The highest BCUT2D eigenvalue weighted by Gasteiger charge is 2.46. The number of para-hydroxylation sites is 1. The van der Waals surface area contributed by atoms with E-state index in [0.717, 1.165) is 25.3 Å². The predicted octanol–water partition coefficient (Wildman–Crippen LogP) is 4.47. The lowest BCUT2D eigenvalue weighted by atomic mass is 9.95. The molecule has 36 heavy (non-hydrogen) atoms. The molecule has 0 saturated carbocycles. The second kappa shape index (κ2) is 10.9.